The van der Waals surface area contributed by atoms with Crippen molar-refractivity contribution in [3.05, 3.63) is 182 Å². The molecular weight excluding hydrogens is 532 g/mol. The van der Waals surface area contributed by atoms with E-state index in [1.54, 1.807) is 0 Å². The van der Waals surface area contributed by atoms with Crippen LogP contribution >= 0.6 is 0 Å². The molecule has 0 saturated carbocycles. The van der Waals surface area contributed by atoms with Gasteiger partial charge in [-0.1, -0.05) is 115 Å². The van der Waals surface area contributed by atoms with Gasteiger partial charge in [0.25, 0.3) is 0 Å². The van der Waals surface area contributed by atoms with Gasteiger partial charge in [-0.3, -0.25) is 0 Å². The topological polar surface area (TPSA) is 8.17 Å². The lowest BCUT2D eigenvalue weighted by atomic mass is 10.0. The second kappa shape index (κ2) is 11.1. The zero-order chi connectivity index (χ0) is 32.8. The maximum Gasteiger partial charge on any atom is 0.0651 e. The molecule has 44 heavy (non-hydrogen) atoms. The molecule has 0 amide bonds. The smallest absolute Gasteiger partial charge is 0.0651 e. The first-order valence-electron chi connectivity index (χ1n) is 16.7. The lowest BCUT2D eigenvalue weighted by Crippen LogP contribution is -2.10. The summed E-state index contributed by atoms with van der Waals surface area (Å²) < 4.78 is 39.1. The van der Waals surface area contributed by atoms with Crippen molar-refractivity contribution in [2.75, 3.05) is 4.90 Å². The van der Waals surface area contributed by atoms with Crippen LogP contribution in [0.1, 0.15) is 5.48 Å². The van der Waals surface area contributed by atoms with Gasteiger partial charge in [-0.05, 0) is 88.9 Å². The molecule has 0 saturated heterocycles. The number of hydrogen-bond donors (Lipinski definition) is 0. The number of hydrogen-bond acceptors (Lipinski definition) is 1. The first kappa shape index (κ1) is 21.8. The second-order valence-corrected chi connectivity index (χ2v) is 10.7. The third kappa shape index (κ3) is 4.63. The summed E-state index contributed by atoms with van der Waals surface area (Å²) in [6, 6.07) is 51.7. The van der Waals surface area contributed by atoms with Crippen LogP contribution in [0.15, 0.2) is 182 Å². The summed E-state index contributed by atoms with van der Waals surface area (Å²) in [6.45, 7) is 0. The van der Waals surface area contributed by atoms with Gasteiger partial charge in [-0.2, -0.15) is 0 Å². The number of aromatic nitrogens is 1. The molecule has 0 radical (unpaired) electrons. The van der Waals surface area contributed by atoms with E-state index in [0.29, 0.717) is 11.1 Å². The normalized spacial score (nSPS) is 12.5. The molecule has 1 heterocycles. The molecular formula is C42H30N2. The molecule has 0 atom stereocenters. The highest BCUT2D eigenvalue weighted by atomic mass is 15.1. The SMILES string of the molecule is [2H]c1c([2H])c(-c2ccc3c(c2)c2ccccc2n3-c2ccccc2)c([2H])c(N(c2ccccc2)c2cccc(-c3ccccc3)c2)c1[2H]. The molecule has 1 aromatic heterocycles. The third-order valence-electron chi connectivity index (χ3n) is 8.04. The Labute approximate surface area is 263 Å². The van der Waals surface area contributed by atoms with Crippen molar-refractivity contribution in [2.24, 2.45) is 0 Å². The summed E-state index contributed by atoms with van der Waals surface area (Å²) in [5.74, 6) is 0. The van der Waals surface area contributed by atoms with E-state index >= 15 is 0 Å². The average Bonchev–Trinajstić information content (AvgIpc) is 3.47. The molecule has 0 unspecified atom stereocenters. The number of para-hydroxylation sites is 3. The van der Waals surface area contributed by atoms with Crippen LogP contribution in [0.5, 0.6) is 0 Å². The fourth-order valence-corrected chi connectivity index (χ4v) is 6.01. The lowest BCUT2D eigenvalue weighted by molar-refractivity contribution is 1.18. The Hall–Kier alpha value is -5.86. The second-order valence-electron chi connectivity index (χ2n) is 10.7. The monoisotopic (exact) mass is 566 g/mol. The minimum absolute atomic E-state index is 0.0288. The van der Waals surface area contributed by atoms with Crippen molar-refractivity contribution in [3.8, 4) is 27.9 Å². The molecule has 0 bridgehead atoms. The van der Waals surface area contributed by atoms with Gasteiger partial charge in [-0.15, -0.1) is 0 Å². The van der Waals surface area contributed by atoms with Crippen LogP contribution in [0.2, 0.25) is 0 Å². The Bertz CT molecular complexity index is 2440. The Morgan fingerprint density at radius 3 is 1.89 bits per heavy atom. The molecule has 0 aliphatic heterocycles. The Balaban J connectivity index is 1.36. The van der Waals surface area contributed by atoms with Crippen LogP contribution in [0.4, 0.5) is 17.1 Å². The summed E-state index contributed by atoms with van der Waals surface area (Å²) in [7, 11) is 0. The van der Waals surface area contributed by atoms with E-state index in [9.17, 15) is 1.37 Å². The van der Waals surface area contributed by atoms with E-state index in [2.05, 4.69) is 41.0 Å². The van der Waals surface area contributed by atoms with Gasteiger partial charge >= 0.3 is 0 Å². The minimum atomic E-state index is -0.219. The number of anilines is 3. The Morgan fingerprint density at radius 1 is 0.432 bits per heavy atom. The molecule has 7 aromatic carbocycles. The maximum absolute atomic E-state index is 9.65. The van der Waals surface area contributed by atoms with Crippen molar-refractivity contribution in [2.45, 2.75) is 0 Å². The maximum atomic E-state index is 9.65. The Morgan fingerprint density at radius 2 is 1.07 bits per heavy atom. The quantitative estimate of drug-likeness (QED) is 0.194. The zero-order valence-corrected chi connectivity index (χ0v) is 23.9. The van der Waals surface area contributed by atoms with Gasteiger partial charge in [0.05, 0.1) is 16.5 Å². The predicted octanol–water partition coefficient (Wildman–Crippen LogP) is 11.6. The number of benzene rings is 7. The fraction of sp³-hybridized carbons (Fsp3) is 0. The van der Waals surface area contributed by atoms with Gasteiger partial charge in [0.2, 0.25) is 0 Å². The lowest BCUT2D eigenvalue weighted by Gasteiger charge is -2.26. The van der Waals surface area contributed by atoms with Gasteiger partial charge in [0, 0.05) is 33.5 Å². The summed E-state index contributed by atoms with van der Waals surface area (Å²) in [6.07, 6.45) is 0. The molecule has 0 fully saturated rings. The van der Waals surface area contributed by atoms with Crippen molar-refractivity contribution in [1.82, 2.24) is 4.57 Å². The third-order valence-corrected chi connectivity index (χ3v) is 8.04. The van der Waals surface area contributed by atoms with E-state index in [1.165, 1.54) is 0 Å². The standard InChI is InChI=1S/C42H30N2/c1-4-14-31(15-5-1)32-16-12-22-37(28-32)43(35-18-6-2-7-19-35)38-23-13-17-33(29-38)34-26-27-42-40(30-34)39-24-10-11-25-41(39)44(42)36-20-8-3-9-21-36/h1-30H/i13D,17D,23D,29D. The Kier molecular flexibility index (Phi) is 5.49. The van der Waals surface area contributed by atoms with Crippen LogP contribution in [-0.4, -0.2) is 4.57 Å². The summed E-state index contributed by atoms with van der Waals surface area (Å²) in [5.41, 5.74) is 7.92. The van der Waals surface area contributed by atoms with Gasteiger partial charge in [0.1, 0.15) is 0 Å². The highest BCUT2D eigenvalue weighted by molar-refractivity contribution is 6.10. The molecule has 2 nitrogen and oxygen atoms in total. The molecule has 208 valence electrons. The molecule has 0 aliphatic carbocycles. The van der Waals surface area contributed by atoms with Crippen LogP contribution in [0.3, 0.4) is 0 Å². The van der Waals surface area contributed by atoms with Crippen molar-refractivity contribution >= 4 is 38.9 Å². The largest absolute Gasteiger partial charge is 0.310 e. The van der Waals surface area contributed by atoms with Crippen molar-refractivity contribution in [3.63, 3.8) is 0 Å². The van der Waals surface area contributed by atoms with Gasteiger partial charge in [0.15, 0.2) is 0 Å². The van der Waals surface area contributed by atoms with Gasteiger partial charge in [-0.25, -0.2) is 0 Å². The summed E-state index contributed by atoms with van der Waals surface area (Å²) in [4.78, 5) is 1.87. The first-order valence-corrected chi connectivity index (χ1v) is 14.7. The van der Waals surface area contributed by atoms with Crippen LogP contribution in [0.25, 0.3) is 49.7 Å². The number of rotatable bonds is 6. The molecule has 8 rings (SSSR count). The average molecular weight is 567 g/mol. The zero-order valence-electron chi connectivity index (χ0n) is 27.9. The molecule has 2 heteroatoms. The first-order chi connectivity index (χ1) is 23.5. The number of fused-ring (bicyclic) bond motifs is 3. The van der Waals surface area contributed by atoms with Crippen LogP contribution in [0, 0.1) is 0 Å². The highest BCUT2D eigenvalue weighted by Gasteiger charge is 2.16. The van der Waals surface area contributed by atoms with Gasteiger partial charge < -0.3 is 9.47 Å². The summed E-state index contributed by atoms with van der Waals surface area (Å²) in [5, 5.41) is 2.05. The van der Waals surface area contributed by atoms with E-state index in [4.69, 9.17) is 4.11 Å². The molecule has 8 aromatic rings. The molecule has 0 spiro atoms. The predicted molar refractivity (Wildman–Crippen MR) is 186 cm³/mol. The van der Waals surface area contributed by atoms with Crippen molar-refractivity contribution in [1.29, 1.82) is 0 Å². The highest BCUT2D eigenvalue weighted by Crippen LogP contribution is 2.39. The molecule has 0 aliphatic rings. The minimum Gasteiger partial charge on any atom is -0.310 e. The number of nitrogens with zero attached hydrogens (tertiary/aromatic N) is 2. The van der Waals surface area contributed by atoms with E-state index in [0.717, 1.165) is 50.0 Å². The van der Waals surface area contributed by atoms with Crippen LogP contribution in [-0.2, 0) is 0 Å². The van der Waals surface area contributed by atoms with E-state index < -0.39 is 0 Å². The fourth-order valence-electron chi connectivity index (χ4n) is 6.01. The van der Waals surface area contributed by atoms with Crippen molar-refractivity contribution < 1.29 is 5.48 Å². The van der Waals surface area contributed by atoms with Crippen LogP contribution < -0.4 is 4.90 Å². The van der Waals surface area contributed by atoms with E-state index in [1.807, 2.05) is 126 Å². The molecule has 0 N–H and O–H groups in total. The summed E-state index contributed by atoms with van der Waals surface area (Å²) >= 11 is 0. The van der Waals surface area contributed by atoms with E-state index in [-0.39, 0.29) is 29.9 Å².